The van der Waals surface area contributed by atoms with Crippen molar-refractivity contribution < 1.29 is 14.0 Å². The second-order valence-corrected chi connectivity index (χ2v) is 7.36. The van der Waals surface area contributed by atoms with Gasteiger partial charge in [0.2, 0.25) is 5.91 Å². The number of nitrogens with one attached hydrogen (secondary N) is 1. The van der Waals surface area contributed by atoms with Crippen molar-refractivity contribution in [3.8, 4) is 0 Å². The van der Waals surface area contributed by atoms with E-state index in [0.717, 1.165) is 5.56 Å². The smallest absolute Gasteiger partial charge is 0.256 e. The summed E-state index contributed by atoms with van der Waals surface area (Å²) in [5, 5.41) is 2.79. The number of nitrogens with zero attached hydrogens (tertiary/aromatic N) is 1. The van der Waals surface area contributed by atoms with E-state index in [9.17, 15) is 14.0 Å². The zero-order valence-electron chi connectivity index (χ0n) is 14.7. The first-order valence-corrected chi connectivity index (χ1v) is 9.53. The minimum atomic E-state index is -0.606. The van der Waals surface area contributed by atoms with Gasteiger partial charge in [0.15, 0.2) is 0 Å². The topological polar surface area (TPSA) is 49.4 Å². The van der Waals surface area contributed by atoms with Crippen molar-refractivity contribution >= 4 is 33.4 Å². The fourth-order valence-corrected chi connectivity index (χ4v) is 3.90. The van der Waals surface area contributed by atoms with Crippen molar-refractivity contribution in [2.24, 2.45) is 0 Å². The Morgan fingerprint density at radius 1 is 1.04 bits per heavy atom. The molecule has 3 aromatic rings. The molecule has 140 valence electrons. The van der Waals surface area contributed by atoms with Crippen LogP contribution in [0.2, 0.25) is 0 Å². The van der Waals surface area contributed by atoms with Crippen molar-refractivity contribution in [1.29, 1.82) is 0 Å². The second-order valence-electron chi connectivity index (χ2n) is 6.51. The number of carbonyl (C=O) groups is 2. The van der Waals surface area contributed by atoms with E-state index in [-0.39, 0.29) is 18.4 Å². The summed E-state index contributed by atoms with van der Waals surface area (Å²) in [6, 6.07) is 20.0. The van der Waals surface area contributed by atoms with Crippen LogP contribution in [0.25, 0.3) is 0 Å². The summed E-state index contributed by atoms with van der Waals surface area (Å²) in [7, 11) is 0. The van der Waals surface area contributed by atoms with Crippen LogP contribution in [0.15, 0.2) is 77.3 Å². The molecule has 0 fully saturated rings. The summed E-state index contributed by atoms with van der Waals surface area (Å²) in [4.78, 5) is 27.4. The molecule has 0 saturated carbocycles. The summed E-state index contributed by atoms with van der Waals surface area (Å²) in [5.74, 6) is -1.07. The Hall–Kier alpha value is -2.99. The molecule has 28 heavy (non-hydrogen) atoms. The van der Waals surface area contributed by atoms with Gasteiger partial charge in [-0.2, -0.15) is 0 Å². The van der Waals surface area contributed by atoms with Crippen LogP contribution in [-0.2, 0) is 4.79 Å². The van der Waals surface area contributed by atoms with Crippen molar-refractivity contribution in [3.63, 3.8) is 0 Å². The molecule has 0 aromatic heterocycles. The average Bonchev–Trinajstić information content (AvgIpc) is 2.84. The zero-order chi connectivity index (χ0) is 19.7. The summed E-state index contributed by atoms with van der Waals surface area (Å²) in [5.41, 5.74) is 2.28. The molecule has 1 atom stereocenters. The maximum Gasteiger partial charge on any atom is 0.256 e. The van der Waals surface area contributed by atoms with Crippen molar-refractivity contribution in [2.45, 2.75) is 6.04 Å². The van der Waals surface area contributed by atoms with E-state index in [1.807, 2.05) is 36.4 Å². The monoisotopic (exact) mass is 438 g/mol. The molecule has 1 heterocycles. The molecule has 0 radical (unpaired) electrons. The Morgan fingerprint density at radius 2 is 1.75 bits per heavy atom. The Morgan fingerprint density at radius 3 is 2.50 bits per heavy atom. The van der Waals surface area contributed by atoms with E-state index in [2.05, 4.69) is 21.2 Å². The number of amides is 2. The highest BCUT2D eigenvalue weighted by Crippen LogP contribution is 2.37. The summed E-state index contributed by atoms with van der Waals surface area (Å²) in [6.45, 7) is -0.143. The molecule has 1 unspecified atom stereocenters. The number of hydrogen-bond acceptors (Lipinski definition) is 2. The second kappa shape index (κ2) is 7.56. The first-order valence-electron chi connectivity index (χ1n) is 8.74. The van der Waals surface area contributed by atoms with Crippen LogP contribution in [0.4, 0.5) is 10.1 Å². The average molecular weight is 439 g/mol. The largest absolute Gasteiger partial charge is 0.324 e. The number of benzene rings is 3. The molecule has 0 spiro atoms. The summed E-state index contributed by atoms with van der Waals surface area (Å²) < 4.78 is 14.7. The third kappa shape index (κ3) is 3.43. The Balaban J connectivity index is 1.91. The minimum Gasteiger partial charge on any atom is -0.324 e. The van der Waals surface area contributed by atoms with Gasteiger partial charge < -0.3 is 10.2 Å². The quantitative estimate of drug-likeness (QED) is 0.626. The molecule has 2 amide bonds. The number of fused-ring (bicyclic) bond motifs is 1. The highest BCUT2D eigenvalue weighted by Gasteiger charge is 2.34. The lowest BCUT2D eigenvalue weighted by Gasteiger charge is -2.31. The van der Waals surface area contributed by atoms with Crippen LogP contribution >= 0.6 is 15.9 Å². The van der Waals surface area contributed by atoms with Crippen LogP contribution in [0.3, 0.4) is 0 Å². The molecule has 4 nitrogen and oxygen atoms in total. The third-order valence-electron chi connectivity index (χ3n) is 4.69. The molecule has 3 aromatic carbocycles. The Bertz CT molecular complexity index is 1060. The van der Waals surface area contributed by atoms with Crippen molar-refractivity contribution in [1.82, 2.24) is 4.90 Å². The molecule has 1 aliphatic heterocycles. The zero-order valence-corrected chi connectivity index (χ0v) is 16.3. The van der Waals surface area contributed by atoms with E-state index >= 15 is 0 Å². The van der Waals surface area contributed by atoms with E-state index in [4.69, 9.17) is 0 Å². The predicted octanol–water partition coefficient (Wildman–Crippen LogP) is 4.77. The molecule has 1 aliphatic rings. The van der Waals surface area contributed by atoms with Gasteiger partial charge >= 0.3 is 0 Å². The lowest BCUT2D eigenvalue weighted by Crippen LogP contribution is -2.39. The van der Waals surface area contributed by atoms with Gasteiger partial charge in [0.1, 0.15) is 12.4 Å². The molecule has 0 bridgehead atoms. The Labute approximate surface area is 170 Å². The highest BCUT2D eigenvalue weighted by molar-refractivity contribution is 9.10. The van der Waals surface area contributed by atoms with Gasteiger partial charge in [-0.1, -0.05) is 42.5 Å². The number of halogens is 2. The number of hydrogen-bond donors (Lipinski definition) is 1. The molecular formula is C22H16BrFN2O2. The predicted molar refractivity (Wildman–Crippen MR) is 108 cm³/mol. The third-order valence-corrected chi connectivity index (χ3v) is 5.38. The van der Waals surface area contributed by atoms with E-state index < -0.39 is 11.9 Å². The van der Waals surface area contributed by atoms with Gasteiger partial charge in [0, 0.05) is 15.7 Å². The number of rotatable bonds is 2. The lowest BCUT2D eigenvalue weighted by atomic mass is 9.95. The van der Waals surface area contributed by atoms with E-state index in [0.29, 0.717) is 21.3 Å². The number of carbonyl (C=O) groups excluding carboxylic acids is 2. The molecular weight excluding hydrogens is 423 g/mol. The van der Waals surface area contributed by atoms with E-state index in [1.54, 1.807) is 18.2 Å². The first kappa shape index (κ1) is 18.4. The standard InChI is InChI=1S/C22H16BrFN2O2/c23-18-9-5-4-8-16(18)22(28)26-13-20(27)25-19-11-10-15(24)12-17(19)21(26)14-6-2-1-3-7-14/h1-12,21H,13H2,(H,25,27). The molecule has 0 saturated heterocycles. The molecule has 0 aliphatic carbocycles. The van der Waals surface area contributed by atoms with Crippen molar-refractivity contribution in [3.05, 3.63) is 99.8 Å². The minimum absolute atomic E-state index is 0.143. The summed E-state index contributed by atoms with van der Waals surface area (Å²) >= 11 is 3.41. The summed E-state index contributed by atoms with van der Waals surface area (Å²) in [6.07, 6.45) is 0. The van der Waals surface area contributed by atoms with Gasteiger partial charge in [-0.25, -0.2) is 4.39 Å². The van der Waals surface area contributed by atoms with Gasteiger partial charge in [-0.15, -0.1) is 0 Å². The molecule has 4 rings (SSSR count). The van der Waals surface area contributed by atoms with Crippen LogP contribution in [0.5, 0.6) is 0 Å². The van der Waals surface area contributed by atoms with Gasteiger partial charge in [-0.3, -0.25) is 9.59 Å². The van der Waals surface area contributed by atoms with Gasteiger partial charge in [-0.05, 0) is 51.8 Å². The SMILES string of the molecule is O=C1CN(C(=O)c2ccccc2Br)C(c2ccccc2)c2cc(F)ccc2N1. The first-order chi connectivity index (χ1) is 13.5. The van der Waals surface area contributed by atoms with Crippen LogP contribution in [0.1, 0.15) is 27.5 Å². The fourth-order valence-electron chi connectivity index (χ4n) is 3.45. The molecule has 1 N–H and O–H groups in total. The van der Waals surface area contributed by atoms with Crippen LogP contribution < -0.4 is 5.32 Å². The van der Waals surface area contributed by atoms with Gasteiger partial charge in [0.05, 0.1) is 11.6 Å². The van der Waals surface area contributed by atoms with E-state index in [1.165, 1.54) is 23.1 Å². The maximum absolute atomic E-state index is 14.1. The van der Waals surface area contributed by atoms with Gasteiger partial charge in [0.25, 0.3) is 5.91 Å². The fraction of sp³-hybridized carbons (Fsp3) is 0.0909. The maximum atomic E-state index is 14.1. The Kier molecular flexibility index (Phi) is 4.96. The van der Waals surface area contributed by atoms with Crippen LogP contribution in [0, 0.1) is 5.82 Å². The number of anilines is 1. The van der Waals surface area contributed by atoms with Crippen LogP contribution in [-0.4, -0.2) is 23.3 Å². The lowest BCUT2D eigenvalue weighted by molar-refractivity contribution is -0.117. The highest BCUT2D eigenvalue weighted by atomic mass is 79.9. The normalized spacial score (nSPS) is 16.1. The van der Waals surface area contributed by atoms with Crippen molar-refractivity contribution in [2.75, 3.05) is 11.9 Å². The molecule has 6 heteroatoms.